The molecule has 0 bridgehead atoms. The Morgan fingerprint density at radius 2 is 2.15 bits per heavy atom. The predicted octanol–water partition coefficient (Wildman–Crippen LogP) is 1.97. The summed E-state index contributed by atoms with van der Waals surface area (Å²) in [5.74, 6) is 1.40. The number of anilines is 1. The summed E-state index contributed by atoms with van der Waals surface area (Å²) in [4.78, 5) is 1.04. The van der Waals surface area contributed by atoms with E-state index in [0.29, 0.717) is 11.6 Å². The van der Waals surface area contributed by atoms with Gasteiger partial charge in [-0.25, -0.2) is 0 Å². The van der Waals surface area contributed by atoms with Crippen LogP contribution in [0.5, 0.6) is 5.75 Å². The van der Waals surface area contributed by atoms with Gasteiger partial charge in [0.15, 0.2) is 0 Å². The van der Waals surface area contributed by atoms with Crippen LogP contribution in [-0.2, 0) is 4.74 Å². The molecule has 0 heterocycles. The number of ether oxygens (including phenoxy) is 2. The summed E-state index contributed by atoms with van der Waals surface area (Å²) in [5.41, 5.74) is 6.32. The van der Waals surface area contributed by atoms with Crippen molar-refractivity contribution in [1.29, 1.82) is 0 Å². The van der Waals surface area contributed by atoms with Gasteiger partial charge in [-0.15, -0.1) is 0 Å². The van der Waals surface area contributed by atoms with Crippen molar-refractivity contribution < 1.29 is 9.47 Å². The van der Waals surface area contributed by atoms with Crippen LogP contribution in [0.4, 0.5) is 5.69 Å². The Balaban J connectivity index is 2.79. The van der Waals surface area contributed by atoms with Gasteiger partial charge in [0.25, 0.3) is 0 Å². The lowest BCUT2D eigenvalue weighted by atomic mass is 10.3. The third-order valence-electron chi connectivity index (χ3n) is 1.52. The van der Waals surface area contributed by atoms with Crippen LogP contribution in [0.25, 0.3) is 0 Å². The number of rotatable bonds is 4. The molecule has 13 heavy (non-hydrogen) atoms. The van der Waals surface area contributed by atoms with E-state index in [1.54, 1.807) is 32.0 Å². The molecule has 0 aliphatic carbocycles. The maximum absolute atomic E-state index is 5.61. The lowest BCUT2D eigenvalue weighted by Crippen LogP contribution is -1.91. The molecular formula is C9H13NO2S. The summed E-state index contributed by atoms with van der Waals surface area (Å²) in [6.45, 7) is 0. The molecule has 0 amide bonds. The summed E-state index contributed by atoms with van der Waals surface area (Å²) >= 11 is 1.58. The largest absolute Gasteiger partial charge is 0.496 e. The molecule has 4 heteroatoms. The average Bonchev–Trinajstić information content (AvgIpc) is 2.16. The SMILES string of the molecule is COCSc1ccc(N)cc1OC. The standard InChI is InChI=1S/C9H13NO2S/c1-11-6-13-9-4-3-7(10)5-8(9)12-2/h3-5H,6,10H2,1-2H3. The van der Waals surface area contributed by atoms with E-state index in [4.69, 9.17) is 15.2 Å². The van der Waals surface area contributed by atoms with Gasteiger partial charge in [-0.05, 0) is 12.1 Å². The normalized spacial score (nSPS) is 10.0. The van der Waals surface area contributed by atoms with Crippen molar-refractivity contribution in [2.45, 2.75) is 4.90 Å². The summed E-state index contributed by atoms with van der Waals surface area (Å²) in [6.07, 6.45) is 0. The van der Waals surface area contributed by atoms with Crippen LogP contribution < -0.4 is 10.5 Å². The van der Waals surface area contributed by atoms with Gasteiger partial charge < -0.3 is 15.2 Å². The molecule has 3 nitrogen and oxygen atoms in total. The minimum atomic E-state index is 0.611. The third-order valence-corrected chi connectivity index (χ3v) is 2.52. The summed E-state index contributed by atoms with van der Waals surface area (Å²) in [7, 11) is 3.29. The molecule has 0 spiro atoms. The van der Waals surface area contributed by atoms with E-state index in [1.807, 2.05) is 12.1 Å². The highest BCUT2D eigenvalue weighted by molar-refractivity contribution is 7.99. The molecule has 0 aliphatic heterocycles. The van der Waals surface area contributed by atoms with Crippen LogP contribution in [0, 0.1) is 0 Å². The van der Waals surface area contributed by atoms with E-state index in [-0.39, 0.29) is 0 Å². The Morgan fingerprint density at radius 3 is 2.77 bits per heavy atom. The Morgan fingerprint density at radius 1 is 1.38 bits per heavy atom. The molecule has 0 saturated carbocycles. The fourth-order valence-corrected chi connectivity index (χ4v) is 1.62. The van der Waals surface area contributed by atoms with Crippen LogP contribution in [0.15, 0.2) is 23.1 Å². The van der Waals surface area contributed by atoms with E-state index in [0.717, 1.165) is 10.6 Å². The van der Waals surface area contributed by atoms with Gasteiger partial charge in [0.2, 0.25) is 0 Å². The van der Waals surface area contributed by atoms with Crippen molar-refractivity contribution in [3.63, 3.8) is 0 Å². The van der Waals surface area contributed by atoms with Crippen LogP contribution in [-0.4, -0.2) is 20.2 Å². The number of nitrogen functional groups attached to an aromatic ring is 1. The maximum atomic E-state index is 5.61. The van der Waals surface area contributed by atoms with Gasteiger partial charge in [0.05, 0.1) is 17.9 Å². The molecule has 1 aromatic carbocycles. The molecule has 0 unspecified atom stereocenters. The van der Waals surface area contributed by atoms with Gasteiger partial charge in [0.1, 0.15) is 5.75 Å². The second kappa shape index (κ2) is 4.99. The number of nitrogens with two attached hydrogens (primary N) is 1. The Labute approximate surface area is 82.2 Å². The van der Waals surface area contributed by atoms with E-state index in [2.05, 4.69) is 0 Å². The molecular weight excluding hydrogens is 186 g/mol. The lowest BCUT2D eigenvalue weighted by molar-refractivity contribution is 0.258. The molecule has 0 aromatic heterocycles. The van der Waals surface area contributed by atoms with Crippen molar-refractivity contribution in [3.8, 4) is 5.75 Å². The highest BCUT2D eigenvalue weighted by Gasteiger charge is 2.02. The first-order valence-electron chi connectivity index (χ1n) is 3.83. The summed E-state index contributed by atoms with van der Waals surface area (Å²) in [5, 5.41) is 0. The van der Waals surface area contributed by atoms with Crippen molar-refractivity contribution >= 4 is 17.4 Å². The lowest BCUT2D eigenvalue weighted by Gasteiger charge is -2.07. The summed E-state index contributed by atoms with van der Waals surface area (Å²) in [6, 6.07) is 5.58. The van der Waals surface area contributed by atoms with Crippen molar-refractivity contribution in [3.05, 3.63) is 18.2 Å². The minimum absolute atomic E-state index is 0.611. The van der Waals surface area contributed by atoms with Gasteiger partial charge in [-0.1, -0.05) is 11.8 Å². The second-order valence-corrected chi connectivity index (χ2v) is 3.43. The second-order valence-electron chi connectivity index (χ2n) is 2.46. The number of benzene rings is 1. The zero-order valence-corrected chi connectivity index (χ0v) is 8.56. The van der Waals surface area contributed by atoms with E-state index < -0.39 is 0 Å². The predicted molar refractivity (Wildman–Crippen MR) is 55.1 cm³/mol. The number of hydrogen-bond donors (Lipinski definition) is 1. The minimum Gasteiger partial charge on any atom is -0.496 e. The van der Waals surface area contributed by atoms with Crippen molar-refractivity contribution in [1.82, 2.24) is 0 Å². The highest BCUT2D eigenvalue weighted by atomic mass is 32.2. The topological polar surface area (TPSA) is 44.5 Å². The summed E-state index contributed by atoms with van der Waals surface area (Å²) < 4.78 is 10.1. The first-order valence-corrected chi connectivity index (χ1v) is 4.81. The number of thioether (sulfide) groups is 1. The van der Waals surface area contributed by atoms with Gasteiger partial charge in [0, 0.05) is 18.9 Å². The first-order chi connectivity index (χ1) is 6.27. The third kappa shape index (κ3) is 2.82. The van der Waals surface area contributed by atoms with Crippen LogP contribution >= 0.6 is 11.8 Å². The zero-order valence-electron chi connectivity index (χ0n) is 7.74. The number of hydrogen-bond acceptors (Lipinski definition) is 4. The van der Waals surface area contributed by atoms with Crippen molar-refractivity contribution in [2.75, 3.05) is 25.9 Å². The van der Waals surface area contributed by atoms with Gasteiger partial charge in [-0.2, -0.15) is 0 Å². The van der Waals surface area contributed by atoms with Crippen LogP contribution in [0.1, 0.15) is 0 Å². The van der Waals surface area contributed by atoms with Crippen LogP contribution in [0.3, 0.4) is 0 Å². The highest BCUT2D eigenvalue weighted by Crippen LogP contribution is 2.30. The molecule has 0 aliphatic rings. The maximum Gasteiger partial charge on any atom is 0.134 e. The molecule has 2 N–H and O–H groups in total. The fourth-order valence-electron chi connectivity index (χ4n) is 0.926. The van der Waals surface area contributed by atoms with E-state index >= 15 is 0 Å². The molecule has 0 fully saturated rings. The Bertz CT molecular complexity index is 278. The van der Waals surface area contributed by atoms with Gasteiger partial charge >= 0.3 is 0 Å². The average molecular weight is 199 g/mol. The molecule has 1 aromatic rings. The van der Waals surface area contributed by atoms with Crippen molar-refractivity contribution in [2.24, 2.45) is 0 Å². The molecule has 0 radical (unpaired) electrons. The fraction of sp³-hybridized carbons (Fsp3) is 0.333. The smallest absolute Gasteiger partial charge is 0.134 e. The zero-order chi connectivity index (χ0) is 9.68. The number of methoxy groups -OCH3 is 2. The molecule has 0 saturated heterocycles. The van der Waals surface area contributed by atoms with E-state index in [9.17, 15) is 0 Å². The van der Waals surface area contributed by atoms with Gasteiger partial charge in [-0.3, -0.25) is 0 Å². The molecule has 72 valence electrons. The quantitative estimate of drug-likeness (QED) is 0.457. The Kier molecular flexibility index (Phi) is 3.92. The van der Waals surface area contributed by atoms with Crippen LogP contribution in [0.2, 0.25) is 0 Å². The monoisotopic (exact) mass is 199 g/mol. The molecule has 0 atom stereocenters. The van der Waals surface area contributed by atoms with E-state index in [1.165, 1.54) is 0 Å². The Hall–Kier alpha value is -0.870. The molecule has 1 rings (SSSR count). The first kappa shape index (κ1) is 10.2.